The molecule has 1 fully saturated rings. The van der Waals surface area contributed by atoms with Gasteiger partial charge in [-0.3, -0.25) is 4.98 Å². The summed E-state index contributed by atoms with van der Waals surface area (Å²) in [6.45, 7) is 6.50. The molecule has 2 aromatic heterocycles. The standard InChI is InChI=1S/C30H32N4O2S/c1-6-21-10-12-22(13-11-21)33-19(2)17-24(20(33)3)29-28(25-9-7-8-16-31-25)32-30(37)34(29)26-18-23(35-4)14-15-27(26)36-5/h7-18,28-29H,6H2,1-5H3,(H,32,37)/t28-,29-/m0/s1. The summed E-state index contributed by atoms with van der Waals surface area (Å²) in [5.74, 6) is 1.46. The van der Waals surface area contributed by atoms with Crippen LogP contribution in [0.25, 0.3) is 5.69 Å². The molecule has 5 rings (SSSR count). The fraction of sp³-hybridized carbons (Fsp3) is 0.267. The molecule has 3 heterocycles. The van der Waals surface area contributed by atoms with Crippen molar-refractivity contribution in [2.75, 3.05) is 19.1 Å². The number of methoxy groups -OCH3 is 2. The lowest BCUT2D eigenvalue weighted by molar-refractivity contribution is 0.403. The largest absolute Gasteiger partial charge is 0.497 e. The first kappa shape index (κ1) is 24.8. The minimum absolute atomic E-state index is 0.152. The highest BCUT2D eigenvalue weighted by molar-refractivity contribution is 7.80. The van der Waals surface area contributed by atoms with Gasteiger partial charge >= 0.3 is 0 Å². The van der Waals surface area contributed by atoms with Crippen molar-refractivity contribution < 1.29 is 9.47 Å². The first-order valence-electron chi connectivity index (χ1n) is 12.5. The molecule has 1 N–H and O–H groups in total. The lowest BCUT2D eigenvalue weighted by Crippen LogP contribution is -2.30. The van der Waals surface area contributed by atoms with Crippen molar-refractivity contribution in [1.82, 2.24) is 14.9 Å². The molecule has 0 amide bonds. The second-order valence-electron chi connectivity index (χ2n) is 9.22. The molecule has 0 aliphatic carbocycles. The van der Waals surface area contributed by atoms with Crippen LogP contribution in [-0.4, -0.2) is 28.9 Å². The van der Waals surface area contributed by atoms with Gasteiger partial charge in [-0.25, -0.2) is 0 Å². The molecule has 0 radical (unpaired) electrons. The molecular weight excluding hydrogens is 480 g/mol. The Balaban J connectivity index is 1.69. The fourth-order valence-electron chi connectivity index (χ4n) is 5.28. The van der Waals surface area contributed by atoms with E-state index in [1.165, 1.54) is 11.1 Å². The highest BCUT2D eigenvalue weighted by Crippen LogP contribution is 2.47. The van der Waals surface area contributed by atoms with Gasteiger partial charge in [-0.1, -0.05) is 25.1 Å². The number of hydrogen-bond donors (Lipinski definition) is 1. The summed E-state index contributed by atoms with van der Waals surface area (Å²) in [4.78, 5) is 6.84. The van der Waals surface area contributed by atoms with E-state index in [1.54, 1.807) is 14.2 Å². The van der Waals surface area contributed by atoms with Crippen LogP contribution in [0.15, 0.2) is 72.9 Å². The van der Waals surface area contributed by atoms with Crippen LogP contribution >= 0.6 is 12.2 Å². The number of thiocarbonyl (C=S) groups is 1. The Kier molecular flexibility index (Phi) is 6.89. The van der Waals surface area contributed by atoms with E-state index in [2.05, 4.69) is 65.9 Å². The van der Waals surface area contributed by atoms with E-state index in [0.29, 0.717) is 5.11 Å². The molecule has 2 aromatic carbocycles. The molecule has 1 saturated heterocycles. The van der Waals surface area contributed by atoms with Gasteiger partial charge < -0.3 is 24.3 Å². The summed E-state index contributed by atoms with van der Waals surface area (Å²) in [6.07, 6.45) is 2.84. The third kappa shape index (κ3) is 4.44. The SMILES string of the molecule is CCc1ccc(-n2c(C)cc([C@H]3[C@H](c4ccccn4)NC(=S)N3c3cc(OC)ccc3OC)c2C)cc1. The third-order valence-corrected chi connectivity index (χ3v) is 7.45. The Morgan fingerprint density at radius 1 is 0.973 bits per heavy atom. The molecule has 1 aliphatic rings. The lowest BCUT2D eigenvalue weighted by Gasteiger charge is -2.29. The normalized spacial score (nSPS) is 17.1. The van der Waals surface area contributed by atoms with Gasteiger partial charge in [0, 0.05) is 29.3 Å². The van der Waals surface area contributed by atoms with Gasteiger partial charge in [-0.15, -0.1) is 0 Å². The number of nitrogens with zero attached hydrogens (tertiary/aromatic N) is 3. The Hall–Kier alpha value is -3.84. The van der Waals surface area contributed by atoms with Crippen molar-refractivity contribution in [3.05, 3.63) is 101 Å². The summed E-state index contributed by atoms with van der Waals surface area (Å²) in [5.41, 5.74) is 7.73. The van der Waals surface area contributed by atoms with E-state index < -0.39 is 0 Å². The average molecular weight is 513 g/mol. The quantitative estimate of drug-likeness (QED) is 0.296. The van der Waals surface area contributed by atoms with Crippen LogP contribution in [0.2, 0.25) is 0 Å². The summed E-state index contributed by atoms with van der Waals surface area (Å²) in [7, 11) is 3.34. The van der Waals surface area contributed by atoms with E-state index in [4.69, 9.17) is 26.7 Å². The van der Waals surface area contributed by atoms with Gasteiger partial charge in [0.05, 0.1) is 37.7 Å². The maximum atomic E-state index is 5.95. The Labute approximate surface area is 223 Å². The Bertz CT molecular complexity index is 1420. The van der Waals surface area contributed by atoms with E-state index in [1.807, 2.05) is 42.6 Å². The van der Waals surface area contributed by atoms with Gasteiger partial charge in [-0.05, 0) is 86.1 Å². The summed E-state index contributed by atoms with van der Waals surface area (Å²) < 4.78 is 13.7. The average Bonchev–Trinajstić information content (AvgIpc) is 3.43. The highest BCUT2D eigenvalue weighted by atomic mass is 32.1. The number of hydrogen-bond acceptors (Lipinski definition) is 4. The summed E-state index contributed by atoms with van der Waals surface area (Å²) >= 11 is 5.95. The van der Waals surface area contributed by atoms with Crippen LogP contribution in [-0.2, 0) is 6.42 Å². The maximum absolute atomic E-state index is 5.95. The zero-order valence-electron chi connectivity index (χ0n) is 21.9. The number of benzene rings is 2. The molecule has 4 aromatic rings. The summed E-state index contributed by atoms with van der Waals surface area (Å²) in [6, 6.07) is 22.5. The molecule has 7 heteroatoms. The topological polar surface area (TPSA) is 51.6 Å². The number of pyridine rings is 1. The second kappa shape index (κ2) is 10.3. The number of aryl methyl sites for hydroxylation is 2. The number of rotatable bonds is 7. The molecule has 0 unspecified atom stereocenters. The van der Waals surface area contributed by atoms with Crippen molar-refractivity contribution >= 4 is 23.0 Å². The highest BCUT2D eigenvalue weighted by Gasteiger charge is 2.43. The predicted molar refractivity (Wildman–Crippen MR) is 152 cm³/mol. The lowest BCUT2D eigenvalue weighted by atomic mass is 9.96. The van der Waals surface area contributed by atoms with Crippen molar-refractivity contribution in [2.45, 2.75) is 39.3 Å². The molecule has 190 valence electrons. The van der Waals surface area contributed by atoms with Gasteiger partial charge in [0.1, 0.15) is 11.5 Å². The molecule has 0 saturated carbocycles. The van der Waals surface area contributed by atoms with E-state index in [-0.39, 0.29) is 12.1 Å². The second-order valence-corrected chi connectivity index (χ2v) is 9.60. The first-order chi connectivity index (χ1) is 18.0. The van der Waals surface area contributed by atoms with E-state index in [9.17, 15) is 0 Å². The molecule has 0 bridgehead atoms. The smallest absolute Gasteiger partial charge is 0.174 e. The Morgan fingerprint density at radius 3 is 2.41 bits per heavy atom. The van der Waals surface area contributed by atoms with E-state index in [0.717, 1.165) is 46.4 Å². The monoisotopic (exact) mass is 512 g/mol. The van der Waals surface area contributed by atoms with Crippen molar-refractivity contribution in [2.24, 2.45) is 0 Å². The molecule has 1 aliphatic heterocycles. The van der Waals surface area contributed by atoms with Crippen molar-refractivity contribution in [3.8, 4) is 17.2 Å². The van der Waals surface area contributed by atoms with Crippen LogP contribution in [0.4, 0.5) is 5.69 Å². The van der Waals surface area contributed by atoms with Crippen LogP contribution in [0.3, 0.4) is 0 Å². The number of nitrogens with one attached hydrogen (secondary N) is 1. The number of anilines is 1. The molecule has 6 nitrogen and oxygen atoms in total. The predicted octanol–water partition coefficient (Wildman–Crippen LogP) is 6.25. The van der Waals surface area contributed by atoms with Crippen LogP contribution < -0.4 is 19.7 Å². The minimum atomic E-state index is -0.154. The molecule has 2 atom stereocenters. The van der Waals surface area contributed by atoms with Gasteiger partial charge in [0.15, 0.2) is 5.11 Å². The fourth-order valence-corrected chi connectivity index (χ4v) is 5.62. The molecular formula is C30H32N4O2S. The molecule has 37 heavy (non-hydrogen) atoms. The third-order valence-electron chi connectivity index (χ3n) is 7.14. The maximum Gasteiger partial charge on any atom is 0.174 e. The van der Waals surface area contributed by atoms with Gasteiger partial charge in [0.2, 0.25) is 0 Å². The first-order valence-corrected chi connectivity index (χ1v) is 12.9. The van der Waals surface area contributed by atoms with Crippen LogP contribution in [0.5, 0.6) is 11.5 Å². The zero-order valence-corrected chi connectivity index (χ0v) is 22.7. The number of aromatic nitrogens is 2. The van der Waals surface area contributed by atoms with E-state index >= 15 is 0 Å². The number of ether oxygens (including phenoxy) is 2. The molecule has 0 spiro atoms. The Morgan fingerprint density at radius 2 is 1.76 bits per heavy atom. The van der Waals surface area contributed by atoms with Crippen molar-refractivity contribution in [1.29, 1.82) is 0 Å². The van der Waals surface area contributed by atoms with Crippen molar-refractivity contribution in [3.63, 3.8) is 0 Å². The van der Waals surface area contributed by atoms with Gasteiger partial charge in [0.25, 0.3) is 0 Å². The van der Waals surface area contributed by atoms with Crippen LogP contribution in [0, 0.1) is 13.8 Å². The minimum Gasteiger partial charge on any atom is -0.497 e. The van der Waals surface area contributed by atoms with Crippen LogP contribution in [0.1, 0.15) is 47.2 Å². The van der Waals surface area contributed by atoms with Gasteiger partial charge in [-0.2, -0.15) is 0 Å². The summed E-state index contributed by atoms with van der Waals surface area (Å²) in [5, 5.41) is 4.17. The zero-order chi connectivity index (χ0) is 26.1.